The first kappa shape index (κ1) is 11.4. The van der Waals surface area contributed by atoms with Gasteiger partial charge in [-0.2, -0.15) is 0 Å². The second-order valence-corrected chi connectivity index (χ2v) is 4.42. The number of rotatable bonds is 1. The molecule has 0 aromatic carbocycles. The fraction of sp³-hybridized carbons (Fsp3) is 0.600. The molecule has 1 fully saturated rings. The van der Waals surface area contributed by atoms with E-state index in [4.69, 9.17) is 17.3 Å². The zero-order valence-corrected chi connectivity index (χ0v) is 10.1. The molecule has 0 aliphatic carbocycles. The molecule has 2 heterocycles. The lowest BCUT2D eigenvalue weighted by Crippen LogP contribution is -2.29. The lowest BCUT2D eigenvalue weighted by Gasteiger charge is -2.22. The van der Waals surface area contributed by atoms with Crippen molar-refractivity contribution in [2.24, 2.45) is 0 Å². The van der Waals surface area contributed by atoms with E-state index < -0.39 is 0 Å². The van der Waals surface area contributed by atoms with E-state index in [2.05, 4.69) is 26.8 Å². The van der Waals surface area contributed by atoms with Crippen molar-refractivity contribution >= 4 is 23.2 Å². The molecule has 2 N–H and O–H groups in total. The van der Waals surface area contributed by atoms with Gasteiger partial charge in [0, 0.05) is 19.6 Å². The van der Waals surface area contributed by atoms with Crippen molar-refractivity contribution in [2.75, 3.05) is 43.9 Å². The van der Waals surface area contributed by atoms with Crippen LogP contribution in [0.3, 0.4) is 0 Å². The number of nitrogen functional groups attached to an aromatic ring is 1. The summed E-state index contributed by atoms with van der Waals surface area (Å²) in [7, 11) is 2.12. The summed E-state index contributed by atoms with van der Waals surface area (Å²) >= 11 is 6.11. The van der Waals surface area contributed by atoms with Crippen LogP contribution < -0.4 is 10.6 Å². The van der Waals surface area contributed by atoms with E-state index in [-0.39, 0.29) is 0 Å². The van der Waals surface area contributed by atoms with Gasteiger partial charge in [-0.3, -0.25) is 0 Å². The predicted octanol–water partition coefficient (Wildman–Crippen LogP) is 0.854. The van der Waals surface area contributed by atoms with Crippen LogP contribution >= 0.6 is 11.6 Å². The van der Waals surface area contributed by atoms with E-state index in [0.717, 1.165) is 38.4 Å². The molecule has 0 atom stereocenters. The molecule has 1 aliphatic rings. The van der Waals surface area contributed by atoms with Crippen LogP contribution in [0.5, 0.6) is 0 Å². The highest BCUT2D eigenvalue weighted by Crippen LogP contribution is 2.27. The summed E-state index contributed by atoms with van der Waals surface area (Å²) in [6, 6.07) is 0. The molecule has 1 saturated heterocycles. The number of likely N-dealkylation sites (N-methyl/N-ethyl adjacent to an activating group) is 1. The Morgan fingerprint density at radius 1 is 1.25 bits per heavy atom. The van der Waals surface area contributed by atoms with E-state index >= 15 is 0 Å². The van der Waals surface area contributed by atoms with E-state index in [0.29, 0.717) is 10.8 Å². The summed E-state index contributed by atoms with van der Waals surface area (Å²) in [5.74, 6) is 1.11. The smallest absolute Gasteiger partial charge is 0.153 e. The minimum atomic E-state index is 0.351. The molecule has 1 aliphatic heterocycles. The first-order chi connectivity index (χ1) is 7.68. The van der Waals surface area contributed by atoms with Gasteiger partial charge < -0.3 is 15.5 Å². The quantitative estimate of drug-likeness (QED) is 0.790. The minimum Gasteiger partial charge on any atom is -0.382 e. The van der Waals surface area contributed by atoms with Gasteiger partial charge in [-0.1, -0.05) is 11.6 Å². The monoisotopic (exact) mass is 241 g/mol. The maximum absolute atomic E-state index is 6.11. The Morgan fingerprint density at radius 3 is 2.88 bits per heavy atom. The van der Waals surface area contributed by atoms with Crippen LogP contribution in [0.2, 0.25) is 5.02 Å². The van der Waals surface area contributed by atoms with Crippen molar-refractivity contribution < 1.29 is 0 Å². The number of nitrogens with two attached hydrogens (primary N) is 1. The molecule has 0 bridgehead atoms. The third-order valence-electron chi connectivity index (χ3n) is 2.82. The Kier molecular flexibility index (Phi) is 3.46. The molecule has 0 radical (unpaired) electrons. The third kappa shape index (κ3) is 2.36. The Balaban J connectivity index is 2.20. The van der Waals surface area contributed by atoms with Crippen LogP contribution in [-0.2, 0) is 0 Å². The number of nitrogens with zero attached hydrogens (tertiary/aromatic N) is 4. The fourth-order valence-electron chi connectivity index (χ4n) is 1.85. The zero-order chi connectivity index (χ0) is 11.5. The van der Waals surface area contributed by atoms with Gasteiger partial charge in [-0.25, -0.2) is 9.97 Å². The normalized spacial score (nSPS) is 18.5. The van der Waals surface area contributed by atoms with Gasteiger partial charge in [-0.05, 0) is 20.0 Å². The Bertz CT molecular complexity index is 370. The van der Waals surface area contributed by atoms with Crippen molar-refractivity contribution in [2.45, 2.75) is 6.42 Å². The van der Waals surface area contributed by atoms with Gasteiger partial charge in [0.15, 0.2) is 5.82 Å². The van der Waals surface area contributed by atoms with Gasteiger partial charge in [0.2, 0.25) is 0 Å². The Hall–Kier alpha value is -1.07. The van der Waals surface area contributed by atoms with E-state index in [1.807, 2.05) is 0 Å². The predicted molar refractivity (Wildman–Crippen MR) is 65.8 cm³/mol. The van der Waals surface area contributed by atoms with Crippen LogP contribution in [0.1, 0.15) is 6.42 Å². The molecule has 16 heavy (non-hydrogen) atoms. The maximum Gasteiger partial charge on any atom is 0.153 e. The third-order valence-corrected chi connectivity index (χ3v) is 3.18. The Morgan fingerprint density at radius 2 is 2.06 bits per heavy atom. The van der Waals surface area contributed by atoms with Gasteiger partial charge in [0.25, 0.3) is 0 Å². The number of halogens is 1. The lowest BCUT2D eigenvalue weighted by atomic mass is 10.3. The zero-order valence-electron chi connectivity index (χ0n) is 9.36. The number of aromatic nitrogens is 2. The molecule has 0 spiro atoms. The molecular formula is C10H16ClN5. The largest absolute Gasteiger partial charge is 0.382 e. The summed E-state index contributed by atoms with van der Waals surface area (Å²) < 4.78 is 0. The fourth-order valence-corrected chi connectivity index (χ4v) is 2.07. The van der Waals surface area contributed by atoms with Gasteiger partial charge >= 0.3 is 0 Å². The highest BCUT2D eigenvalue weighted by molar-refractivity contribution is 6.35. The molecule has 0 unspecified atom stereocenters. The summed E-state index contributed by atoms with van der Waals surface area (Å²) in [5, 5.41) is 0.465. The van der Waals surface area contributed by atoms with Crippen molar-refractivity contribution in [3.8, 4) is 0 Å². The topological polar surface area (TPSA) is 58.3 Å². The highest BCUT2D eigenvalue weighted by Gasteiger charge is 2.17. The van der Waals surface area contributed by atoms with Crippen LogP contribution in [0.15, 0.2) is 6.33 Å². The number of anilines is 2. The van der Waals surface area contributed by atoms with Crippen molar-refractivity contribution in [1.29, 1.82) is 0 Å². The highest BCUT2D eigenvalue weighted by atomic mass is 35.5. The summed E-state index contributed by atoms with van der Waals surface area (Å²) in [4.78, 5) is 12.6. The van der Waals surface area contributed by atoms with Crippen LogP contribution in [0.25, 0.3) is 0 Å². The molecule has 2 rings (SSSR count). The van der Waals surface area contributed by atoms with Gasteiger partial charge in [-0.15, -0.1) is 0 Å². The first-order valence-electron chi connectivity index (χ1n) is 5.38. The molecule has 1 aromatic heterocycles. The molecular weight excluding hydrogens is 226 g/mol. The van der Waals surface area contributed by atoms with Crippen molar-refractivity contribution in [3.63, 3.8) is 0 Å². The number of hydrogen-bond acceptors (Lipinski definition) is 5. The summed E-state index contributed by atoms with van der Waals surface area (Å²) in [6.07, 6.45) is 2.57. The number of hydrogen-bond donors (Lipinski definition) is 1. The maximum atomic E-state index is 6.11. The van der Waals surface area contributed by atoms with Crippen LogP contribution in [0, 0.1) is 0 Å². The molecule has 1 aromatic rings. The lowest BCUT2D eigenvalue weighted by molar-refractivity contribution is 0.360. The van der Waals surface area contributed by atoms with E-state index in [1.54, 1.807) is 0 Å². The SMILES string of the molecule is CN1CCCN(c2ncnc(N)c2Cl)CC1. The Labute approximate surface area is 100 Å². The van der Waals surface area contributed by atoms with Gasteiger partial charge in [0.1, 0.15) is 17.2 Å². The molecule has 88 valence electrons. The molecule has 0 amide bonds. The minimum absolute atomic E-state index is 0.351. The molecule has 0 saturated carbocycles. The second-order valence-electron chi connectivity index (χ2n) is 4.04. The van der Waals surface area contributed by atoms with E-state index in [9.17, 15) is 0 Å². The van der Waals surface area contributed by atoms with Crippen molar-refractivity contribution in [1.82, 2.24) is 14.9 Å². The molecule has 6 heteroatoms. The molecule has 5 nitrogen and oxygen atoms in total. The second kappa shape index (κ2) is 4.84. The average molecular weight is 242 g/mol. The average Bonchev–Trinajstić information content (AvgIpc) is 2.47. The van der Waals surface area contributed by atoms with Crippen molar-refractivity contribution in [3.05, 3.63) is 11.3 Å². The van der Waals surface area contributed by atoms with Crippen LogP contribution in [-0.4, -0.2) is 48.1 Å². The van der Waals surface area contributed by atoms with E-state index in [1.165, 1.54) is 6.33 Å². The summed E-state index contributed by atoms with van der Waals surface area (Å²) in [5.41, 5.74) is 5.67. The van der Waals surface area contributed by atoms with Crippen LogP contribution in [0.4, 0.5) is 11.6 Å². The standard InChI is InChI=1S/C10H16ClN5/c1-15-3-2-4-16(6-5-15)10-8(11)9(12)13-7-14-10/h7H,2-6H2,1H3,(H2,12,13,14). The van der Waals surface area contributed by atoms with Gasteiger partial charge in [0.05, 0.1) is 0 Å². The first-order valence-corrected chi connectivity index (χ1v) is 5.75. The summed E-state index contributed by atoms with van der Waals surface area (Å²) in [6.45, 7) is 4.00.